The number of oxazole rings is 1. The molecule has 0 aliphatic heterocycles. The SMILES string of the molecule is C=CCN(C(=O)CCc1ncc(-c2ccc(Cl)cc2)o1)c1nc2c(s1)CCCC2. The van der Waals surface area contributed by atoms with Gasteiger partial charge in [0.05, 0.1) is 11.9 Å². The minimum absolute atomic E-state index is 0.00207. The average Bonchev–Trinajstić information content (AvgIpc) is 3.37. The Balaban J connectivity index is 1.43. The molecule has 1 aliphatic carbocycles. The van der Waals surface area contributed by atoms with Gasteiger partial charge in [-0.05, 0) is 49.9 Å². The number of halogens is 1. The molecule has 0 bridgehead atoms. The fourth-order valence-corrected chi connectivity index (χ4v) is 4.69. The van der Waals surface area contributed by atoms with E-state index in [0.717, 1.165) is 29.2 Å². The number of carbonyl (C=O) groups excluding carboxylic acids is 1. The highest BCUT2D eigenvalue weighted by Gasteiger charge is 2.22. The van der Waals surface area contributed by atoms with Gasteiger partial charge in [0.15, 0.2) is 16.8 Å². The minimum Gasteiger partial charge on any atom is -0.441 e. The summed E-state index contributed by atoms with van der Waals surface area (Å²) in [4.78, 5) is 25.0. The van der Waals surface area contributed by atoms with Gasteiger partial charge in [-0.1, -0.05) is 17.7 Å². The normalized spacial score (nSPS) is 13.1. The monoisotopic (exact) mass is 427 g/mol. The molecule has 0 saturated heterocycles. The lowest BCUT2D eigenvalue weighted by Gasteiger charge is -2.17. The predicted molar refractivity (Wildman–Crippen MR) is 117 cm³/mol. The van der Waals surface area contributed by atoms with E-state index >= 15 is 0 Å². The Labute approximate surface area is 179 Å². The maximum atomic E-state index is 12.9. The van der Waals surface area contributed by atoms with Crippen molar-refractivity contribution in [3.63, 3.8) is 0 Å². The molecule has 0 saturated carbocycles. The minimum atomic E-state index is 0.00207. The number of carbonyl (C=O) groups is 1. The molecule has 0 radical (unpaired) electrons. The molecule has 1 amide bonds. The van der Waals surface area contributed by atoms with Crippen LogP contribution in [0.5, 0.6) is 0 Å². The fraction of sp³-hybridized carbons (Fsp3) is 0.318. The molecule has 1 aromatic carbocycles. The Morgan fingerprint density at radius 1 is 1.28 bits per heavy atom. The van der Waals surface area contributed by atoms with E-state index in [-0.39, 0.29) is 5.91 Å². The predicted octanol–water partition coefficient (Wildman–Crippen LogP) is 5.48. The second-order valence-electron chi connectivity index (χ2n) is 6.99. The van der Waals surface area contributed by atoms with E-state index in [1.807, 2.05) is 24.3 Å². The summed E-state index contributed by atoms with van der Waals surface area (Å²) in [5.41, 5.74) is 2.06. The first-order valence-electron chi connectivity index (χ1n) is 9.74. The number of benzene rings is 1. The second kappa shape index (κ2) is 8.93. The number of nitrogens with zero attached hydrogens (tertiary/aromatic N) is 3. The Morgan fingerprint density at radius 2 is 2.07 bits per heavy atom. The zero-order valence-electron chi connectivity index (χ0n) is 16.1. The molecular formula is C22H22ClN3O2S. The van der Waals surface area contributed by atoms with Crippen LogP contribution in [0.2, 0.25) is 5.02 Å². The van der Waals surface area contributed by atoms with Crippen molar-refractivity contribution in [2.24, 2.45) is 0 Å². The zero-order chi connectivity index (χ0) is 20.2. The van der Waals surface area contributed by atoms with Crippen molar-refractivity contribution in [2.45, 2.75) is 38.5 Å². The van der Waals surface area contributed by atoms with Crippen LogP contribution in [0, 0.1) is 0 Å². The topological polar surface area (TPSA) is 59.2 Å². The van der Waals surface area contributed by atoms with E-state index in [4.69, 9.17) is 21.0 Å². The van der Waals surface area contributed by atoms with Crippen molar-refractivity contribution >= 4 is 34.0 Å². The van der Waals surface area contributed by atoms with Crippen molar-refractivity contribution < 1.29 is 9.21 Å². The van der Waals surface area contributed by atoms with Crippen molar-refractivity contribution in [1.29, 1.82) is 0 Å². The number of aryl methyl sites for hydroxylation is 3. The molecule has 3 aromatic rings. The molecule has 1 aliphatic rings. The van der Waals surface area contributed by atoms with E-state index in [0.29, 0.717) is 36.1 Å². The van der Waals surface area contributed by atoms with Gasteiger partial charge in [0, 0.05) is 34.8 Å². The Kier molecular flexibility index (Phi) is 6.11. The number of amides is 1. The molecular weight excluding hydrogens is 406 g/mol. The fourth-order valence-electron chi connectivity index (χ4n) is 3.39. The smallest absolute Gasteiger partial charge is 0.229 e. The van der Waals surface area contributed by atoms with Crippen LogP contribution >= 0.6 is 22.9 Å². The first-order chi connectivity index (χ1) is 14.1. The van der Waals surface area contributed by atoms with Gasteiger partial charge in [0.2, 0.25) is 5.91 Å². The summed E-state index contributed by atoms with van der Waals surface area (Å²) in [5.74, 6) is 1.21. The highest BCUT2D eigenvalue weighted by atomic mass is 35.5. The Morgan fingerprint density at radius 3 is 2.83 bits per heavy atom. The molecule has 0 N–H and O–H groups in total. The van der Waals surface area contributed by atoms with Crippen LogP contribution in [0.3, 0.4) is 0 Å². The van der Waals surface area contributed by atoms with Gasteiger partial charge in [-0.25, -0.2) is 9.97 Å². The van der Waals surface area contributed by atoms with Gasteiger partial charge in [-0.2, -0.15) is 0 Å². The van der Waals surface area contributed by atoms with Crippen molar-refractivity contribution in [3.05, 3.63) is 64.6 Å². The van der Waals surface area contributed by atoms with Gasteiger partial charge in [0.25, 0.3) is 0 Å². The third kappa shape index (κ3) is 4.60. The quantitative estimate of drug-likeness (QED) is 0.468. The lowest BCUT2D eigenvalue weighted by molar-refractivity contribution is -0.118. The summed E-state index contributed by atoms with van der Waals surface area (Å²) < 4.78 is 5.81. The van der Waals surface area contributed by atoms with Gasteiger partial charge in [-0.3, -0.25) is 9.69 Å². The van der Waals surface area contributed by atoms with E-state index in [2.05, 4.69) is 11.6 Å². The van der Waals surface area contributed by atoms with Crippen LogP contribution in [0.15, 0.2) is 47.5 Å². The third-order valence-corrected chi connectivity index (χ3v) is 6.35. The number of thiazole rings is 1. The van der Waals surface area contributed by atoms with Crippen LogP contribution in [-0.4, -0.2) is 22.4 Å². The van der Waals surface area contributed by atoms with Crippen LogP contribution in [0.1, 0.15) is 35.7 Å². The van der Waals surface area contributed by atoms with E-state index in [1.165, 1.54) is 17.7 Å². The maximum absolute atomic E-state index is 12.9. The summed E-state index contributed by atoms with van der Waals surface area (Å²) >= 11 is 7.56. The highest BCUT2D eigenvalue weighted by molar-refractivity contribution is 7.16. The lowest BCUT2D eigenvalue weighted by atomic mass is 10.0. The summed E-state index contributed by atoms with van der Waals surface area (Å²) in [6.45, 7) is 4.25. The Bertz CT molecular complexity index is 986. The molecule has 150 valence electrons. The molecule has 0 unspecified atom stereocenters. The number of fused-ring (bicyclic) bond motifs is 1. The number of rotatable bonds is 7. The highest BCUT2D eigenvalue weighted by Crippen LogP contribution is 2.32. The average molecular weight is 428 g/mol. The molecule has 0 atom stereocenters. The number of hydrogen-bond donors (Lipinski definition) is 0. The molecule has 0 fully saturated rings. The van der Waals surface area contributed by atoms with E-state index in [1.54, 1.807) is 28.5 Å². The summed E-state index contributed by atoms with van der Waals surface area (Å²) in [6, 6.07) is 7.38. The van der Waals surface area contributed by atoms with Gasteiger partial charge in [-0.15, -0.1) is 17.9 Å². The Hall–Kier alpha value is -2.44. The standard InChI is InChI=1S/C22H22ClN3O2S/c1-2-13-26(22-25-17-5-3-4-6-19(17)29-22)21(27)12-11-20-24-14-18(28-20)15-7-9-16(23)10-8-15/h2,7-10,14H,1,3-6,11-13H2. The maximum Gasteiger partial charge on any atom is 0.229 e. The molecule has 2 aromatic heterocycles. The summed E-state index contributed by atoms with van der Waals surface area (Å²) in [5, 5.41) is 1.45. The summed E-state index contributed by atoms with van der Waals surface area (Å²) in [6.07, 6.45) is 8.60. The largest absolute Gasteiger partial charge is 0.441 e. The molecule has 29 heavy (non-hydrogen) atoms. The van der Waals surface area contributed by atoms with E-state index < -0.39 is 0 Å². The van der Waals surface area contributed by atoms with Crippen LogP contribution < -0.4 is 4.90 Å². The second-order valence-corrected chi connectivity index (χ2v) is 8.49. The zero-order valence-corrected chi connectivity index (χ0v) is 17.6. The first kappa shape index (κ1) is 19.9. The first-order valence-corrected chi connectivity index (χ1v) is 10.9. The van der Waals surface area contributed by atoms with Gasteiger partial charge in [0.1, 0.15) is 0 Å². The third-order valence-electron chi connectivity index (χ3n) is 4.91. The number of aromatic nitrogens is 2. The number of anilines is 1. The summed E-state index contributed by atoms with van der Waals surface area (Å²) in [7, 11) is 0. The molecule has 4 rings (SSSR count). The van der Waals surface area contributed by atoms with Crippen LogP contribution in [0.25, 0.3) is 11.3 Å². The van der Waals surface area contributed by atoms with Crippen molar-refractivity contribution in [1.82, 2.24) is 9.97 Å². The lowest BCUT2D eigenvalue weighted by Crippen LogP contribution is -2.31. The molecule has 5 nitrogen and oxygen atoms in total. The van der Waals surface area contributed by atoms with Crippen LogP contribution in [-0.2, 0) is 24.1 Å². The van der Waals surface area contributed by atoms with Gasteiger partial charge >= 0.3 is 0 Å². The molecule has 2 heterocycles. The molecule has 0 spiro atoms. The van der Waals surface area contributed by atoms with Crippen molar-refractivity contribution in [3.8, 4) is 11.3 Å². The van der Waals surface area contributed by atoms with Gasteiger partial charge < -0.3 is 4.42 Å². The molecule has 7 heteroatoms. The van der Waals surface area contributed by atoms with Crippen molar-refractivity contribution in [2.75, 3.05) is 11.4 Å². The number of hydrogen-bond acceptors (Lipinski definition) is 5. The van der Waals surface area contributed by atoms with E-state index in [9.17, 15) is 4.79 Å². The van der Waals surface area contributed by atoms with Crippen LogP contribution in [0.4, 0.5) is 5.13 Å².